The fourth-order valence-corrected chi connectivity index (χ4v) is 9.19. The minimum absolute atomic E-state index is 0.0320. The smallest absolute Gasteiger partial charge is 0.136 e. The van der Waals surface area contributed by atoms with E-state index in [2.05, 4.69) is 34.6 Å². The molecule has 0 saturated heterocycles. The second kappa shape index (κ2) is 8.62. The molecule has 0 aromatic rings. The van der Waals surface area contributed by atoms with E-state index in [1.54, 1.807) is 0 Å². The third-order valence-electron chi connectivity index (χ3n) is 10.8. The molecule has 4 unspecified atom stereocenters. The molecule has 4 fully saturated rings. The topological polar surface area (TPSA) is 98.0 Å². The van der Waals surface area contributed by atoms with Crippen molar-refractivity contribution in [2.24, 2.45) is 52.3 Å². The van der Waals surface area contributed by atoms with Crippen LogP contribution in [0.25, 0.3) is 0 Å². The molecule has 4 rings (SSSR count). The molecule has 0 aliphatic heterocycles. The summed E-state index contributed by atoms with van der Waals surface area (Å²) in [7, 11) is 0. The molecule has 5 nitrogen and oxygen atoms in total. The lowest BCUT2D eigenvalue weighted by Gasteiger charge is -2.61. The van der Waals surface area contributed by atoms with Gasteiger partial charge in [-0.1, -0.05) is 34.6 Å². The van der Waals surface area contributed by atoms with Crippen LogP contribution in [0.1, 0.15) is 86.0 Å². The largest absolute Gasteiger partial charge is 0.390 e. The quantitative estimate of drug-likeness (QED) is 0.513. The van der Waals surface area contributed by atoms with Crippen LogP contribution >= 0.6 is 0 Å². The monoisotopic (exact) mass is 450 g/mol. The van der Waals surface area contributed by atoms with Gasteiger partial charge in [-0.15, -0.1) is 0 Å². The zero-order chi connectivity index (χ0) is 23.6. The Labute approximate surface area is 194 Å². The Kier molecular flexibility index (Phi) is 6.64. The van der Waals surface area contributed by atoms with Crippen LogP contribution in [0.4, 0.5) is 0 Å². The van der Waals surface area contributed by atoms with Gasteiger partial charge in [0.05, 0.1) is 24.4 Å². The summed E-state index contributed by atoms with van der Waals surface area (Å²) in [6.45, 7) is 10.8. The number of carbonyl (C=O) groups excluding carboxylic acids is 1. The van der Waals surface area contributed by atoms with Gasteiger partial charge >= 0.3 is 0 Å². The van der Waals surface area contributed by atoms with E-state index in [0.717, 1.165) is 25.7 Å². The second-order valence-electron chi connectivity index (χ2n) is 13.0. The molecule has 32 heavy (non-hydrogen) atoms. The lowest BCUT2D eigenvalue weighted by atomic mass is 9.44. The SMILES string of the molecule is CC(C)C[C@@H](O)[C@H](O)[C@@H](C)C1CCC2C3CC(=O)[C@H]4C[C@H](O)[C@H](O)C[C@]4(C)C3CC[C@@]21C. The molecular weight excluding hydrogens is 404 g/mol. The number of aliphatic hydroxyl groups is 4. The molecule has 0 bridgehead atoms. The van der Waals surface area contributed by atoms with Gasteiger partial charge in [-0.05, 0) is 91.3 Å². The van der Waals surface area contributed by atoms with Crippen molar-refractivity contribution in [1.82, 2.24) is 0 Å². The maximum Gasteiger partial charge on any atom is 0.136 e. The van der Waals surface area contributed by atoms with Crippen molar-refractivity contribution in [2.45, 2.75) is 110 Å². The minimum atomic E-state index is -0.780. The number of aliphatic hydroxyl groups excluding tert-OH is 4. The minimum Gasteiger partial charge on any atom is -0.390 e. The number of ketones is 1. The van der Waals surface area contributed by atoms with E-state index in [1.807, 2.05) is 0 Å². The van der Waals surface area contributed by atoms with Crippen LogP contribution in [0.2, 0.25) is 0 Å². The van der Waals surface area contributed by atoms with Gasteiger partial charge in [-0.2, -0.15) is 0 Å². The Morgan fingerprint density at radius 2 is 1.62 bits per heavy atom. The van der Waals surface area contributed by atoms with E-state index < -0.39 is 24.4 Å². The fraction of sp³-hybridized carbons (Fsp3) is 0.963. The van der Waals surface area contributed by atoms with Gasteiger partial charge in [0.15, 0.2) is 0 Å². The van der Waals surface area contributed by atoms with Crippen molar-refractivity contribution >= 4 is 5.78 Å². The van der Waals surface area contributed by atoms with E-state index in [0.29, 0.717) is 55.3 Å². The first-order valence-corrected chi connectivity index (χ1v) is 13.1. The first-order chi connectivity index (χ1) is 14.9. The lowest BCUT2D eigenvalue weighted by Crippen LogP contribution is -2.59. The number of fused-ring (bicyclic) bond motifs is 5. The summed E-state index contributed by atoms with van der Waals surface area (Å²) in [6, 6.07) is 0. The Morgan fingerprint density at radius 3 is 2.28 bits per heavy atom. The van der Waals surface area contributed by atoms with Crippen molar-refractivity contribution < 1.29 is 25.2 Å². The third-order valence-corrected chi connectivity index (χ3v) is 10.8. The van der Waals surface area contributed by atoms with E-state index >= 15 is 0 Å². The number of rotatable bonds is 5. The predicted molar refractivity (Wildman–Crippen MR) is 124 cm³/mol. The molecule has 0 heterocycles. The molecule has 5 heteroatoms. The molecule has 4 N–H and O–H groups in total. The van der Waals surface area contributed by atoms with Crippen LogP contribution in [0.5, 0.6) is 0 Å². The molecule has 0 aromatic heterocycles. The lowest BCUT2D eigenvalue weighted by molar-refractivity contribution is -0.174. The fourth-order valence-electron chi connectivity index (χ4n) is 9.19. The molecule has 4 saturated carbocycles. The maximum atomic E-state index is 13.3. The highest BCUT2D eigenvalue weighted by molar-refractivity contribution is 5.83. The van der Waals surface area contributed by atoms with Gasteiger partial charge in [0.2, 0.25) is 0 Å². The van der Waals surface area contributed by atoms with Crippen LogP contribution in [-0.4, -0.2) is 50.6 Å². The Balaban J connectivity index is 1.55. The van der Waals surface area contributed by atoms with Crippen molar-refractivity contribution in [1.29, 1.82) is 0 Å². The maximum absolute atomic E-state index is 13.3. The molecule has 4 aliphatic carbocycles. The molecule has 184 valence electrons. The number of carbonyl (C=O) groups is 1. The van der Waals surface area contributed by atoms with Gasteiger partial charge in [0, 0.05) is 12.3 Å². The van der Waals surface area contributed by atoms with Gasteiger partial charge in [-0.3, -0.25) is 4.79 Å². The standard InChI is InChI=1S/C27H46O5/c1-14(2)10-23(30)25(32)15(3)17-6-7-18-16-11-21(28)20-12-22(29)24(31)13-27(20,5)19(16)8-9-26(17,18)4/h14-20,22-25,29-32H,6-13H2,1-5H3/t15-,16?,17?,18?,19?,20+,22-,23+,24+,25+,26+,27+/m0/s1. The summed E-state index contributed by atoms with van der Waals surface area (Å²) in [4.78, 5) is 13.3. The predicted octanol–water partition coefficient (Wildman–Crippen LogP) is 3.56. The van der Waals surface area contributed by atoms with E-state index in [-0.39, 0.29) is 28.4 Å². The van der Waals surface area contributed by atoms with Gasteiger partial charge in [0.25, 0.3) is 0 Å². The van der Waals surface area contributed by atoms with Crippen LogP contribution in [0, 0.1) is 52.3 Å². The summed E-state index contributed by atoms with van der Waals surface area (Å²) in [5.74, 6) is 2.09. The summed E-state index contributed by atoms with van der Waals surface area (Å²) in [6.07, 6.45) is 3.50. The molecule has 0 aromatic carbocycles. The number of Topliss-reactive ketones (excluding diaryl/α,β-unsaturated/α-hetero) is 1. The van der Waals surface area contributed by atoms with Gasteiger partial charge in [-0.25, -0.2) is 0 Å². The highest BCUT2D eigenvalue weighted by Gasteiger charge is 2.63. The normalized spacial score (nSPS) is 49.2. The van der Waals surface area contributed by atoms with Crippen molar-refractivity contribution in [2.75, 3.05) is 0 Å². The average Bonchev–Trinajstić information content (AvgIpc) is 3.06. The molecular formula is C27H46O5. The zero-order valence-electron chi connectivity index (χ0n) is 20.7. The molecule has 0 amide bonds. The first-order valence-electron chi connectivity index (χ1n) is 13.1. The van der Waals surface area contributed by atoms with Crippen LogP contribution in [0.15, 0.2) is 0 Å². The Bertz CT molecular complexity index is 708. The third kappa shape index (κ3) is 3.79. The van der Waals surface area contributed by atoms with Crippen LogP contribution < -0.4 is 0 Å². The highest BCUT2D eigenvalue weighted by Crippen LogP contribution is 2.67. The van der Waals surface area contributed by atoms with Gasteiger partial charge < -0.3 is 20.4 Å². The summed E-state index contributed by atoms with van der Waals surface area (Å²) < 4.78 is 0. The summed E-state index contributed by atoms with van der Waals surface area (Å²) in [5, 5.41) is 42.3. The zero-order valence-corrected chi connectivity index (χ0v) is 20.7. The molecule has 4 aliphatic rings. The Hall–Kier alpha value is -0.490. The van der Waals surface area contributed by atoms with Crippen molar-refractivity contribution in [3.05, 3.63) is 0 Å². The first kappa shape index (κ1) is 24.6. The molecule has 0 radical (unpaired) electrons. The van der Waals surface area contributed by atoms with Crippen LogP contribution in [0.3, 0.4) is 0 Å². The second-order valence-corrected chi connectivity index (χ2v) is 13.0. The van der Waals surface area contributed by atoms with Crippen molar-refractivity contribution in [3.63, 3.8) is 0 Å². The molecule has 0 spiro atoms. The average molecular weight is 451 g/mol. The van der Waals surface area contributed by atoms with E-state index in [9.17, 15) is 25.2 Å². The van der Waals surface area contributed by atoms with Crippen LogP contribution in [-0.2, 0) is 4.79 Å². The van der Waals surface area contributed by atoms with E-state index in [4.69, 9.17) is 0 Å². The van der Waals surface area contributed by atoms with E-state index in [1.165, 1.54) is 0 Å². The Morgan fingerprint density at radius 1 is 0.969 bits per heavy atom. The van der Waals surface area contributed by atoms with Gasteiger partial charge in [0.1, 0.15) is 5.78 Å². The van der Waals surface area contributed by atoms with Crippen molar-refractivity contribution in [3.8, 4) is 0 Å². The number of hydrogen-bond acceptors (Lipinski definition) is 5. The highest BCUT2D eigenvalue weighted by atomic mass is 16.3. The molecule has 12 atom stereocenters. The number of hydrogen-bond donors (Lipinski definition) is 4. The summed E-state index contributed by atoms with van der Waals surface area (Å²) >= 11 is 0. The summed E-state index contributed by atoms with van der Waals surface area (Å²) in [5.41, 5.74) is -0.147.